The van der Waals surface area contributed by atoms with Crippen LogP contribution >= 0.6 is 24.0 Å². The summed E-state index contributed by atoms with van der Waals surface area (Å²) in [5, 5.41) is 0. The predicted molar refractivity (Wildman–Crippen MR) is 130 cm³/mol. The maximum atomic E-state index is 13.3. The standard InChI is InChI=1S/C22H16FN3O5S3/c23-13-4-6-15(7-5-13)31-19-16(20(27)25-9-2-1-3-18(25)24-19)11-17-21(28)26(22(32)33-17)14-8-10-34(29,30)12-14/h1-7,9,11,14H,8,10,12H2/b17-11+. The molecule has 1 atom stereocenters. The molecule has 174 valence electrons. The van der Waals surface area contributed by atoms with Crippen molar-refractivity contribution in [3.05, 3.63) is 75.3 Å². The third-order valence-electron chi connectivity index (χ3n) is 5.43. The second-order valence-corrected chi connectivity index (χ2v) is 11.6. The molecule has 0 aliphatic carbocycles. The van der Waals surface area contributed by atoms with Gasteiger partial charge in [0.1, 0.15) is 27.1 Å². The van der Waals surface area contributed by atoms with Crippen molar-refractivity contribution in [1.29, 1.82) is 0 Å². The number of thiocarbonyl (C=S) groups is 1. The third kappa shape index (κ3) is 4.24. The lowest BCUT2D eigenvalue weighted by molar-refractivity contribution is -0.123. The molecule has 2 fully saturated rings. The fourth-order valence-electron chi connectivity index (χ4n) is 3.80. The van der Waals surface area contributed by atoms with E-state index in [9.17, 15) is 22.4 Å². The third-order valence-corrected chi connectivity index (χ3v) is 8.52. The van der Waals surface area contributed by atoms with Gasteiger partial charge in [-0.25, -0.2) is 12.8 Å². The number of fused-ring (bicyclic) bond motifs is 1. The van der Waals surface area contributed by atoms with E-state index in [4.69, 9.17) is 17.0 Å². The number of rotatable bonds is 4. The fourth-order valence-corrected chi connectivity index (χ4v) is 6.88. The molecule has 12 heteroatoms. The highest BCUT2D eigenvalue weighted by Gasteiger charge is 2.42. The summed E-state index contributed by atoms with van der Waals surface area (Å²) in [4.78, 5) is 32.3. The number of thioether (sulfide) groups is 1. The zero-order chi connectivity index (χ0) is 24.0. The van der Waals surface area contributed by atoms with Crippen LogP contribution in [0.1, 0.15) is 12.0 Å². The average molecular weight is 518 g/mol. The molecule has 5 rings (SSSR count). The number of halogens is 1. The number of amides is 1. The van der Waals surface area contributed by atoms with Crippen LogP contribution in [0.15, 0.2) is 58.4 Å². The number of hydrogen-bond donors (Lipinski definition) is 0. The molecule has 0 bridgehead atoms. The van der Waals surface area contributed by atoms with Gasteiger partial charge in [-0.1, -0.05) is 30.0 Å². The summed E-state index contributed by atoms with van der Waals surface area (Å²) in [6, 6.07) is 9.69. The molecular formula is C22H16FN3O5S3. The summed E-state index contributed by atoms with van der Waals surface area (Å²) < 4.78 is 44.4. The van der Waals surface area contributed by atoms with Crippen molar-refractivity contribution >= 4 is 55.8 Å². The normalized spacial score (nSPS) is 21.0. The molecule has 0 spiro atoms. The van der Waals surface area contributed by atoms with Crippen molar-refractivity contribution in [2.24, 2.45) is 0 Å². The summed E-state index contributed by atoms with van der Waals surface area (Å²) in [6.07, 6.45) is 3.20. The van der Waals surface area contributed by atoms with Crippen LogP contribution in [-0.4, -0.2) is 50.5 Å². The number of carbonyl (C=O) groups excluding carboxylic acids is 1. The molecule has 1 unspecified atom stereocenters. The van der Waals surface area contributed by atoms with Crippen LogP contribution in [0.3, 0.4) is 0 Å². The van der Waals surface area contributed by atoms with Crippen molar-refractivity contribution in [2.45, 2.75) is 12.5 Å². The molecular weight excluding hydrogens is 501 g/mol. The summed E-state index contributed by atoms with van der Waals surface area (Å²) >= 11 is 6.34. The molecule has 2 aromatic heterocycles. The number of benzene rings is 1. The van der Waals surface area contributed by atoms with Crippen molar-refractivity contribution in [3.63, 3.8) is 0 Å². The van der Waals surface area contributed by atoms with Gasteiger partial charge in [0, 0.05) is 6.20 Å². The summed E-state index contributed by atoms with van der Waals surface area (Å²) in [6.45, 7) is 0. The van der Waals surface area contributed by atoms with Gasteiger partial charge in [0.2, 0.25) is 5.88 Å². The van der Waals surface area contributed by atoms with Gasteiger partial charge < -0.3 is 4.74 Å². The second kappa shape index (κ2) is 8.60. The van der Waals surface area contributed by atoms with Gasteiger partial charge in [0.25, 0.3) is 11.5 Å². The fraction of sp³-hybridized carbons (Fsp3) is 0.182. The number of aromatic nitrogens is 2. The minimum Gasteiger partial charge on any atom is -0.438 e. The number of nitrogens with zero attached hydrogens (tertiary/aromatic N) is 3. The first kappa shape index (κ1) is 22.7. The summed E-state index contributed by atoms with van der Waals surface area (Å²) in [7, 11) is -3.22. The van der Waals surface area contributed by atoms with Gasteiger partial charge in [-0.2, -0.15) is 4.98 Å². The molecule has 0 radical (unpaired) electrons. The van der Waals surface area contributed by atoms with Crippen molar-refractivity contribution in [1.82, 2.24) is 14.3 Å². The van der Waals surface area contributed by atoms with E-state index in [1.54, 1.807) is 18.2 Å². The first-order chi connectivity index (χ1) is 16.2. The summed E-state index contributed by atoms with van der Waals surface area (Å²) in [5.74, 6) is -0.867. The van der Waals surface area contributed by atoms with Gasteiger partial charge in [-0.05, 0) is 48.9 Å². The predicted octanol–water partition coefficient (Wildman–Crippen LogP) is 3.01. The Morgan fingerprint density at radius 2 is 1.94 bits per heavy atom. The van der Waals surface area contributed by atoms with Gasteiger partial charge in [0.05, 0.1) is 22.5 Å². The molecule has 1 aromatic carbocycles. The highest BCUT2D eigenvalue weighted by molar-refractivity contribution is 8.26. The maximum Gasteiger partial charge on any atom is 0.269 e. The molecule has 4 heterocycles. The first-order valence-corrected chi connectivity index (χ1v) is 13.2. The zero-order valence-electron chi connectivity index (χ0n) is 17.4. The van der Waals surface area contributed by atoms with E-state index in [0.29, 0.717) is 12.1 Å². The Hall–Kier alpha value is -3.09. The van der Waals surface area contributed by atoms with Crippen molar-refractivity contribution in [3.8, 4) is 11.6 Å². The van der Waals surface area contributed by atoms with E-state index in [1.807, 2.05) is 0 Å². The van der Waals surface area contributed by atoms with E-state index in [-0.39, 0.29) is 37.9 Å². The Morgan fingerprint density at radius 3 is 2.65 bits per heavy atom. The Balaban J connectivity index is 1.58. The van der Waals surface area contributed by atoms with Crippen LogP contribution in [0.5, 0.6) is 11.6 Å². The lowest BCUT2D eigenvalue weighted by Crippen LogP contribution is -2.39. The van der Waals surface area contributed by atoms with Gasteiger partial charge in [-0.15, -0.1) is 0 Å². The Morgan fingerprint density at radius 1 is 1.18 bits per heavy atom. The number of carbonyl (C=O) groups is 1. The van der Waals surface area contributed by atoms with Gasteiger partial charge >= 0.3 is 0 Å². The minimum atomic E-state index is -3.22. The Bertz CT molecular complexity index is 1530. The van der Waals surface area contributed by atoms with Crippen LogP contribution in [0.25, 0.3) is 11.7 Å². The minimum absolute atomic E-state index is 0.000620. The molecule has 0 N–H and O–H groups in total. The Labute approximate surface area is 203 Å². The molecule has 0 saturated carbocycles. The lowest BCUT2D eigenvalue weighted by atomic mass is 10.2. The first-order valence-electron chi connectivity index (χ1n) is 10.1. The van der Waals surface area contributed by atoms with Gasteiger partial charge in [0.15, 0.2) is 9.84 Å². The molecule has 2 aliphatic heterocycles. The van der Waals surface area contributed by atoms with Gasteiger partial charge in [-0.3, -0.25) is 18.9 Å². The smallest absolute Gasteiger partial charge is 0.269 e. The zero-order valence-corrected chi connectivity index (χ0v) is 19.8. The molecule has 2 aliphatic rings. The van der Waals surface area contributed by atoms with E-state index < -0.39 is 33.2 Å². The van der Waals surface area contributed by atoms with Crippen LogP contribution < -0.4 is 10.3 Å². The number of hydrogen-bond acceptors (Lipinski definition) is 8. The molecule has 3 aromatic rings. The largest absolute Gasteiger partial charge is 0.438 e. The van der Waals surface area contributed by atoms with Crippen LogP contribution in [0.2, 0.25) is 0 Å². The van der Waals surface area contributed by atoms with Crippen LogP contribution in [0, 0.1) is 5.82 Å². The number of sulfone groups is 1. The average Bonchev–Trinajstić information content (AvgIpc) is 3.29. The molecule has 34 heavy (non-hydrogen) atoms. The Kier molecular flexibility index (Phi) is 5.74. The van der Waals surface area contributed by atoms with E-state index in [0.717, 1.165) is 11.8 Å². The number of ether oxygens (including phenoxy) is 1. The molecule has 8 nitrogen and oxygen atoms in total. The topological polar surface area (TPSA) is 98.0 Å². The maximum absolute atomic E-state index is 13.3. The van der Waals surface area contributed by atoms with E-state index in [2.05, 4.69) is 4.98 Å². The lowest BCUT2D eigenvalue weighted by Gasteiger charge is -2.20. The van der Waals surface area contributed by atoms with Crippen LogP contribution in [-0.2, 0) is 14.6 Å². The SMILES string of the molecule is O=C1/C(=C\c2c(Oc3ccc(F)cc3)nc3ccccn3c2=O)SC(=S)N1C1CCS(=O)(=O)C1. The molecule has 1 amide bonds. The second-order valence-electron chi connectivity index (χ2n) is 7.73. The highest BCUT2D eigenvalue weighted by atomic mass is 32.2. The van der Waals surface area contributed by atoms with Crippen molar-refractivity contribution < 1.29 is 22.3 Å². The van der Waals surface area contributed by atoms with E-state index >= 15 is 0 Å². The van der Waals surface area contributed by atoms with Crippen LogP contribution in [0.4, 0.5) is 4.39 Å². The molecule has 2 saturated heterocycles. The number of pyridine rings is 1. The highest BCUT2D eigenvalue weighted by Crippen LogP contribution is 2.37. The van der Waals surface area contributed by atoms with E-state index in [1.165, 1.54) is 45.8 Å². The quantitative estimate of drug-likeness (QED) is 0.385. The summed E-state index contributed by atoms with van der Waals surface area (Å²) in [5.41, 5.74) is -0.144. The monoisotopic (exact) mass is 517 g/mol. The van der Waals surface area contributed by atoms with Crippen molar-refractivity contribution in [2.75, 3.05) is 11.5 Å².